The van der Waals surface area contributed by atoms with Crippen LogP contribution in [0.15, 0.2) is 203 Å². The van der Waals surface area contributed by atoms with Crippen LogP contribution < -0.4 is 4.74 Å². The van der Waals surface area contributed by atoms with Gasteiger partial charge in [-0.3, -0.25) is 0 Å². The maximum Gasteiger partial charge on any atom is 0.143 e. The zero-order valence-electron chi connectivity index (χ0n) is 31.7. The first-order valence-corrected chi connectivity index (χ1v) is 20.1. The Balaban J connectivity index is 1.08. The highest BCUT2D eigenvalue weighted by molar-refractivity contribution is 6.26. The van der Waals surface area contributed by atoms with Crippen molar-refractivity contribution in [1.29, 1.82) is 0 Å². The van der Waals surface area contributed by atoms with Crippen LogP contribution in [0.2, 0.25) is 0 Å². The fourth-order valence-electron chi connectivity index (χ4n) is 9.77. The number of fused-ring (bicyclic) bond motifs is 13. The van der Waals surface area contributed by atoms with E-state index in [1.165, 1.54) is 21.9 Å². The molecule has 1 aliphatic heterocycles. The summed E-state index contributed by atoms with van der Waals surface area (Å²) in [6.45, 7) is 0. The molecule has 3 heteroatoms. The SMILES string of the molecule is c1ccc2c(c1)Oc1ccc(-c3c4ccccc4c(-c4ccc(-c5cccc6c5oc5ccccc56)c5c4oc4ccccc45)c4ccccc34)cc1-c1ccccc1-2. The summed E-state index contributed by atoms with van der Waals surface area (Å²) in [4.78, 5) is 0. The van der Waals surface area contributed by atoms with Crippen LogP contribution in [0.1, 0.15) is 0 Å². The first-order chi connectivity index (χ1) is 29.3. The van der Waals surface area contributed by atoms with Crippen molar-refractivity contribution >= 4 is 65.4 Å². The van der Waals surface area contributed by atoms with E-state index < -0.39 is 0 Å². The Kier molecular flexibility index (Phi) is 6.72. The highest BCUT2D eigenvalue weighted by Crippen LogP contribution is 2.52. The van der Waals surface area contributed by atoms with Crippen molar-refractivity contribution in [3.05, 3.63) is 194 Å². The molecule has 12 aromatic rings. The predicted molar refractivity (Wildman–Crippen MR) is 243 cm³/mol. The van der Waals surface area contributed by atoms with Crippen LogP contribution >= 0.6 is 0 Å². The lowest BCUT2D eigenvalue weighted by molar-refractivity contribution is 0.488. The standard InChI is InChI=1S/C56H32O3/c1-2-15-35-34(14-1)36-16-7-10-25-48(36)57-51-31-28-33(32-47(35)51)52-38-18-3-5-20-40(38)53(41-21-6-4-19-39(41)52)46-30-29-42(54-45-22-9-12-27-50(45)59-56(46)54)44-24-13-23-43-37-17-8-11-26-49(37)58-55(43)44/h1-32H. The number of benzene rings is 10. The summed E-state index contributed by atoms with van der Waals surface area (Å²) in [6.07, 6.45) is 0. The molecule has 0 unspecified atom stereocenters. The molecule has 0 fully saturated rings. The van der Waals surface area contributed by atoms with Crippen LogP contribution in [0.25, 0.3) is 121 Å². The molecule has 59 heavy (non-hydrogen) atoms. The minimum absolute atomic E-state index is 0.849. The van der Waals surface area contributed by atoms with Crippen molar-refractivity contribution in [2.75, 3.05) is 0 Å². The lowest BCUT2D eigenvalue weighted by Gasteiger charge is -2.19. The minimum atomic E-state index is 0.849. The minimum Gasteiger partial charge on any atom is -0.456 e. The lowest BCUT2D eigenvalue weighted by atomic mass is 9.84. The summed E-state index contributed by atoms with van der Waals surface area (Å²) in [5.41, 5.74) is 14.6. The molecule has 13 rings (SSSR count). The molecule has 3 nitrogen and oxygen atoms in total. The molecule has 0 saturated heterocycles. The first-order valence-electron chi connectivity index (χ1n) is 20.1. The molecule has 3 heterocycles. The number of ether oxygens (including phenoxy) is 1. The average Bonchev–Trinajstić information content (AvgIpc) is 3.84. The maximum atomic E-state index is 6.97. The largest absolute Gasteiger partial charge is 0.456 e. The van der Waals surface area contributed by atoms with Crippen molar-refractivity contribution < 1.29 is 13.6 Å². The predicted octanol–water partition coefficient (Wildman–Crippen LogP) is 16.2. The molecule has 0 radical (unpaired) electrons. The molecule has 0 saturated carbocycles. The Hall–Kier alpha value is -7.88. The van der Waals surface area contributed by atoms with Gasteiger partial charge in [0, 0.05) is 49.4 Å². The molecule has 0 atom stereocenters. The summed E-state index contributed by atoms with van der Waals surface area (Å²) in [5.74, 6) is 1.71. The monoisotopic (exact) mass is 752 g/mol. The summed E-state index contributed by atoms with van der Waals surface area (Å²) < 4.78 is 20.2. The van der Waals surface area contributed by atoms with E-state index >= 15 is 0 Å². The molecule has 2 aromatic heterocycles. The van der Waals surface area contributed by atoms with Gasteiger partial charge in [0.25, 0.3) is 0 Å². The van der Waals surface area contributed by atoms with Crippen molar-refractivity contribution in [1.82, 2.24) is 0 Å². The third kappa shape index (κ3) is 4.64. The summed E-state index contributed by atoms with van der Waals surface area (Å²) >= 11 is 0. The molecular weight excluding hydrogens is 721 g/mol. The van der Waals surface area contributed by atoms with E-state index in [4.69, 9.17) is 13.6 Å². The van der Waals surface area contributed by atoms with Crippen LogP contribution in [0, 0.1) is 0 Å². The normalized spacial score (nSPS) is 12.2. The number of furan rings is 2. The van der Waals surface area contributed by atoms with Crippen LogP contribution in [0.3, 0.4) is 0 Å². The molecule has 0 spiro atoms. The average molecular weight is 753 g/mol. The zero-order valence-corrected chi connectivity index (χ0v) is 31.7. The van der Waals surface area contributed by atoms with Crippen LogP contribution in [-0.2, 0) is 0 Å². The van der Waals surface area contributed by atoms with Gasteiger partial charge in [-0.25, -0.2) is 0 Å². The molecule has 1 aliphatic rings. The van der Waals surface area contributed by atoms with Gasteiger partial charge in [-0.1, -0.05) is 158 Å². The highest BCUT2D eigenvalue weighted by atomic mass is 16.5. The molecule has 274 valence electrons. The second kappa shape index (κ2) is 12.3. The zero-order chi connectivity index (χ0) is 38.6. The van der Waals surface area contributed by atoms with Gasteiger partial charge in [0.2, 0.25) is 0 Å². The van der Waals surface area contributed by atoms with E-state index in [-0.39, 0.29) is 0 Å². The molecule has 10 aromatic carbocycles. The fourth-order valence-corrected chi connectivity index (χ4v) is 9.77. The molecule has 0 bridgehead atoms. The number of rotatable bonds is 3. The Labute approximate surface area is 339 Å². The van der Waals surface area contributed by atoms with Crippen molar-refractivity contribution in [3.8, 4) is 67.1 Å². The molecule has 0 aliphatic carbocycles. The van der Waals surface area contributed by atoms with Gasteiger partial charge >= 0.3 is 0 Å². The molecule has 0 N–H and O–H groups in total. The maximum absolute atomic E-state index is 6.97. The Morgan fingerprint density at radius 2 is 0.780 bits per heavy atom. The second-order valence-corrected chi connectivity index (χ2v) is 15.4. The first kappa shape index (κ1) is 32.2. The van der Waals surface area contributed by atoms with Gasteiger partial charge in [0.1, 0.15) is 33.8 Å². The lowest BCUT2D eigenvalue weighted by Crippen LogP contribution is -1.93. The van der Waals surface area contributed by atoms with Gasteiger partial charge in [0.15, 0.2) is 0 Å². The smallest absolute Gasteiger partial charge is 0.143 e. The number of hydrogen-bond donors (Lipinski definition) is 0. The second-order valence-electron chi connectivity index (χ2n) is 15.4. The third-order valence-corrected chi connectivity index (χ3v) is 12.3. The van der Waals surface area contributed by atoms with E-state index in [1.54, 1.807) is 0 Å². The van der Waals surface area contributed by atoms with Crippen molar-refractivity contribution in [2.24, 2.45) is 0 Å². The van der Waals surface area contributed by atoms with Crippen molar-refractivity contribution in [3.63, 3.8) is 0 Å². The molecular formula is C56H32O3. The highest BCUT2D eigenvalue weighted by Gasteiger charge is 2.25. The summed E-state index contributed by atoms with van der Waals surface area (Å²) in [5, 5.41) is 9.04. The van der Waals surface area contributed by atoms with E-state index in [1.807, 2.05) is 24.3 Å². The number of para-hydroxylation sites is 4. The third-order valence-electron chi connectivity index (χ3n) is 12.3. The van der Waals surface area contributed by atoms with Gasteiger partial charge in [-0.05, 0) is 85.8 Å². The van der Waals surface area contributed by atoms with Gasteiger partial charge in [0.05, 0.1) is 0 Å². The van der Waals surface area contributed by atoms with E-state index in [9.17, 15) is 0 Å². The van der Waals surface area contributed by atoms with Crippen LogP contribution in [0.5, 0.6) is 11.5 Å². The topological polar surface area (TPSA) is 35.5 Å². The van der Waals surface area contributed by atoms with Crippen LogP contribution in [-0.4, -0.2) is 0 Å². The van der Waals surface area contributed by atoms with Gasteiger partial charge < -0.3 is 13.6 Å². The Morgan fingerprint density at radius 3 is 1.53 bits per heavy atom. The van der Waals surface area contributed by atoms with E-state index in [0.29, 0.717) is 0 Å². The Bertz CT molecular complexity index is 3660. The van der Waals surface area contributed by atoms with E-state index in [0.717, 1.165) is 111 Å². The quantitative estimate of drug-likeness (QED) is 0.169. The molecule has 0 amide bonds. The summed E-state index contributed by atoms with van der Waals surface area (Å²) in [7, 11) is 0. The van der Waals surface area contributed by atoms with Crippen molar-refractivity contribution in [2.45, 2.75) is 0 Å². The number of hydrogen-bond acceptors (Lipinski definition) is 3. The fraction of sp³-hybridized carbons (Fsp3) is 0. The van der Waals surface area contributed by atoms with Gasteiger partial charge in [-0.2, -0.15) is 0 Å². The van der Waals surface area contributed by atoms with Crippen LogP contribution in [0.4, 0.5) is 0 Å². The summed E-state index contributed by atoms with van der Waals surface area (Å²) in [6, 6.07) is 68.9. The van der Waals surface area contributed by atoms with Gasteiger partial charge in [-0.15, -0.1) is 0 Å². The Morgan fingerprint density at radius 1 is 0.271 bits per heavy atom. The van der Waals surface area contributed by atoms with E-state index in [2.05, 4.69) is 170 Å².